The summed E-state index contributed by atoms with van der Waals surface area (Å²) in [5.41, 5.74) is 4.42. The average Bonchev–Trinajstić information content (AvgIpc) is 3.40. The highest BCUT2D eigenvalue weighted by Gasteiger charge is 2.43. The molecule has 1 atom stereocenters. The van der Waals surface area contributed by atoms with Crippen molar-refractivity contribution in [2.24, 2.45) is 5.41 Å². The van der Waals surface area contributed by atoms with Crippen LogP contribution in [0.15, 0.2) is 6.33 Å². The van der Waals surface area contributed by atoms with Crippen molar-refractivity contribution in [3.05, 3.63) is 17.6 Å². The van der Waals surface area contributed by atoms with Gasteiger partial charge in [0.2, 0.25) is 0 Å². The highest BCUT2D eigenvalue weighted by molar-refractivity contribution is 5.92. The molecule has 26 heavy (non-hydrogen) atoms. The number of rotatable bonds is 2. The SMILES string of the molecule is Cc1c(C)n(C2CCCC2)c2ncnc(N3CCC4(CCN(C)C4)C3)c12. The maximum Gasteiger partial charge on any atom is 0.146 e. The summed E-state index contributed by atoms with van der Waals surface area (Å²) in [6, 6.07) is 0.627. The van der Waals surface area contributed by atoms with E-state index in [0.717, 1.165) is 13.1 Å². The molecule has 0 amide bonds. The zero-order valence-electron chi connectivity index (χ0n) is 16.5. The van der Waals surface area contributed by atoms with Crippen molar-refractivity contribution in [1.82, 2.24) is 19.4 Å². The van der Waals surface area contributed by atoms with Crippen molar-refractivity contribution in [1.29, 1.82) is 0 Å². The molecule has 1 aliphatic carbocycles. The predicted molar refractivity (Wildman–Crippen MR) is 106 cm³/mol. The van der Waals surface area contributed by atoms with Gasteiger partial charge >= 0.3 is 0 Å². The van der Waals surface area contributed by atoms with E-state index in [-0.39, 0.29) is 0 Å². The van der Waals surface area contributed by atoms with Gasteiger partial charge in [0.25, 0.3) is 0 Å². The van der Waals surface area contributed by atoms with Crippen molar-refractivity contribution >= 4 is 16.9 Å². The normalized spacial score (nSPS) is 27.6. The van der Waals surface area contributed by atoms with Crippen LogP contribution in [0.4, 0.5) is 5.82 Å². The van der Waals surface area contributed by atoms with Crippen molar-refractivity contribution in [2.75, 3.05) is 38.1 Å². The van der Waals surface area contributed by atoms with Gasteiger partial charge in [-0.1, -0.05) is 12.8 Å². The van der Waals surface area contributed by atoms with Gasteiger partial charge in [-0.25, -0.2) is 9.97 Å². The summed E-state index contributed by atoms with van der Waals surface area (Å²) in [5, 5.41) is 1.31. The fraction of sp³-hybridized carbons (Fsp3) is 0.714. The second kappa shape index (κ2) is 5.95. The Balaban J connectivity index is 1.56. The maximum atomic E-state index is 4.79. The van der Waals surface area contributed by atoms with Crippen LogP contribution in [0.25, 0.3) is 11.0 Å². The molecule has 2 aromatic heterocycles. The molecule has 0 aromatic carbocycles. The first-order valence-corrected chi connectivity index (χ1v) is 10.3. The largest absolute Gasteiger partial charge is 0.355 e. The van der Waals surface area contributed by atoms with E-state index in [1.807, 2.05) is 0 Å². The monoisotopic (exact) mass is 353 g/mol. The van der Waals surface area contributed by atoms with Crippen molar-refractivity contribution in [3.8, 4) is 0 Å². The molecule has 1 spiro atoms. The lowest BCUT2D eigenvalue weighted by Crippen LogP contribution is -2.30. The topological polar surface area (TPSA) is 37.2 Å². The molecule has 5 heteroatoms. The van der Waals surface area contributed by atoms with Gasteiger partial charge in [0, 0.05) is 36.8 Å². The van der Waals surface area contributed by atoms with Crippen LogP contribution in [-0.2, 0) is 0 Å². The van der Waals surface area contributed by atoms with Crippen LogP contribution in [0, 0.1) is 19.3 Å². The predicted octanol–water partition coefficient (Wildman–Crippen LogP) is 3.70. The number of anilines is 1. The fourth-order valence-corrected chi connectivity index (χ4v) is 5.86. The molecule has 0 N–H and O–H groups in total. The Morgan fingerprint density at radius 1 is 1.04 bits per heavy atom. The lowest BCUT2D eigenvalue weighted by Gasteiger charge is -2.24. The van der Waals surface area contributed by atoms with E-state index >= 15 is 0 Å². The van der Waals surface area contributed by atoms with Crippen LogP contribution < -0.4 is 4.90 Å². The standard InChI is InChI=1S/C21H31N5/c1-15-16(2)26(17-6-4-5-7-17)20-18(15)19(22-14-23-20)25-11-9-21(13-25)8-10-24(3)12-21/h14,17H,4-13H2,1-3H3. The summed E-state index contributed by atoms with van der Waals surface area (Å²) in [4.78, 5) is 14.6. The molecule has 0 bridgehead atoms. The van der Waals surface area contributed by atoms with Crippen LogP contribution in [0.5, 0.6) is 0 Å². The van der Waals surface area contributed by atoms with E-state index in [1.54, 1.807) is 6.33 Å². The third-order valence-corrected chi connectivity index (χ3v) is 7.37. The first-order valence-electron chi connectivity index (χ1n) is 10.3. The summed E-state index contributed by atoms with van der Waals surface area (Å²) in [6.07, 6.45) is 9.71. The number of hydrogen-bond acceptors (Lipinski definition) is 4. The van der Waals surface area contributed by atoms with E-state index in [4.69, 9.17) is 9.97 Å². The number of aryl methyl sites for hydroxylation is 1. The lowest BCUT2D eigenvalue weighted by molar-refractivity contribution is 0.312. The van der Waals surface area contributed by atoms with Gasteiger partial charge in [-0.3, -0.25) is 0 Å². The van der Waals surface area contributed by atoms with E-state index < -0.39 is 0 Å². The summed E-state index contributed by atoms with van der Waals surface area (Å²) in [7, 11) is 2.26. The Labute approximate surface area is 156 Å². The van der Waals surface area contributed by atoms with Gasteiger partial charge in [0.05, 0.1) is 5.39 Å². The minimum Gasteiger partial charge on any atom is -0.355 e. The zero-order chi connectivity index (χ0) is 17.9. The minimum absolute atomic E-state index is 0.475. The second-order valence-corrected chi connectivity index (χ2v) is 9.07. The Hall–Kier alpha value is -1.62. The molecule has 2 aliphatic heterocycles. The molecule has 3 aliphatic rings. The number of fused-ring (bicyclic) bond motifs is 1. The Kier molecular flexibility index (Phi) is 3.78. The Bertz CT molecular complexity index is 835. The smallest absolute Gasteiger partial charge is 0.146 e. The first-order chi connectivity index (χ1) is 12.6. The van der Waals surface area contributed by atoms with Gasteiger partial charge in [-0.15, -0.1) is 0 Å². The Morgan fingerprint density at radius 2 is 1.81 bits per heavy atom. The van der Waals surface area contributed by atoms with Crippen molar-refractivity contribution in [3.63, 3.8) is 0 Å². The van der Waals surface area contributed by atoms with Crippen molar-refractivity contribution in [2.45, 2.75) is 58.4 Å². The molecule has 1 saturated carbocycles. The van der Waals surface area contributed by atoms with Crippen LogP contribution in [-0.4, -0.2) is 52.7 Å². The third-order valence-electron chi connectivity index (χ3n) is 7.37. The summed E-state index contributed by atoms with van der Waals surface area (Å²) in [6.45, 7) is 9.30. The number of hydrogen-bond donors (Lipinski definition) is 0. The van der Waals surface area contributed by atoms with Gasteiger partial charge in [-0.2, -0.15) is 0 Å². The molecule has 2 aromatic rings. The van der Waals surface area contributed by atoms with E-state index in [1.165, 1.54) is 79.7 Å². The molecule has 140 valence electrons. The molecule has 5 nitrogen and oxygen atoms in total. The van der Waals surface area contributed by atoms with Gasteiger partial charge in [0.1, 0.15) is 17.8 Å². The molecule has 4 heterocycles. The summed E-state index contributed by atoms with van der Waals surface area (Å²) >= 11 is 0. The molecular formula is C21H31N5. The first kappa shape index (κ1) is 16.5. The van der Waals surface area contributed by atoms with Gasteiger partial charge in [0.15, 0.2) is 0 Å². The number of nitrogens with zero attached hydrogens (tertiary/aromatic N) is 5. The van der Waals surface area contributed by atoms with E-state index in [2.05, 4.69) is 35.3 Å². The highest BCUT2D eigenvalue weighted by atomic mass is 15.3. The molecule has 2 saturated heterocycles. The van der Waals surface area contributed by atoms with E-state index in [0.29, 0.717) is 11.5 Å². The summed E-state index contributed by atoms with van der Waals surface area (Å²) in [5.74, 6) is 1.18. The van der Waals surface area contributed by atoms with Crippen LogP contribution in [0.2, 0.25) is 0 Å². The minimum atomic E-state index is 0.475. The quantitative estimate of drug-likeness (QED) is 0.825. The second-order valence-electron chi connectivity index (χ2n) is 9.07. The number of aromatic nitrogens is 3. The highest BCUT2D eigenvalue weighted by Crippen LogP contribution is 2.43. The lowest BCUT2D eigenvalue weighted by atomic mass is 9.86. The van der Waals surface area contributed by atoms with Gasteiger partial charge < -0.3 is 14.4 Å². The molecule has 3 fully saturated rings. The fourth-order valence-electron chi connectivity index (χ4n) is 5.86. The molecule has 5 rings (SSSR count). The van der Waals surface area contributed by atoms with Crippen LogP contribution in [0.3, 0.4) is 0 Å². The summed E-state index contributed by atoms with van der Waals surface area (Å²) < 4.78 is 2.53. The Morgan fingerprint density at radius 3 is 2.54 bits per heavy atom. The van der Waals surface area contributed by atoms with E-state index in [9.17, 15) is 0 Å². The zero-order valence-corrected chi connectivity index (χ0v) is 16.5. The van der Waals surface area contributed by atoms with Gasteiger partial charge in [-0.05, 0) is 58.7 Å². The number of likely N-dealkylation sites (tertiary alicyclic amines) is 1. The average molecular weight is 354 g/mol. The van der Waals surface area contributed by atoms with Crippen molar-refractivity contribution < 1.29 is 0 Å². The maximum absolute atomic E-state index is 4.79. The van der Waals surface area contributed by atoms with Crippen LogP contribution >= 0.6 is 0 Å². The molecule has 0 radical (unpaired) electrons. The van der Waals surface area contributed by atoms with Crippen LogP contribution in [0.1, 0.15) is 55.8 Å². The molecular weight excluding hydrogens is 322 g/mol. The molecule has 1 unspecified atom stereocenters. The third kappa shape index (κ3) is 2.39.